The van der Waals surface area contributed by atoms with Crippen LogP contribution >= 0.6 is 0 Å². The number of anilines is 1. The molecule has 0 saturated heterocycles. The minimum atomic E-state index is -4.43. The van der Waals surface area contributed by atoms with E-state index in [-0.39, 0.29) is 0 Å². The zero-order chi connectivity index (χ0) is 12.0. The molecule has 1 aliphatic carbocycles. The molecule has 1 aliphatic rings. The van der Waals surface area contributed by atoms with Crippen molar-refractivity contribution in [3.8, 4) is 0 Å². The number of nitrogens with one attached hydrogen (secondary N) is 1. The lowest BCUT2D eigenvalue weighted by Crippen LogP contribution is -2.06. The Morgan fingerprint density at radius 2 is 2.12 bits per heavy atom. The minimum Gasteiger partial charge on any atom is -0.366 e. The molecular formula is C10H9F3N4. The van der Waals surface area contributed by atoms with E-state index in [0.29, 0.717) is 17.4 Å². The molecule has 0 aromatic carbocycles. The summed E-state index contributed by atoms with van der Waals surface area (Å²) in [7, 11) is 0. The van der Waals surface area contributed by atoms with Crippen LogP contribution in [0.2, 0.25) is 0 Å². The number of fused-ring (bicyclic) bond motifs is 1. The summed E-state index contributed by atoms with van der Waals surface area (Å²) in [5, 5.41) is 6.57. The topological polar surface area (TPSA) is 42.2 Å². The molecule has 0 bridgehead atoms. The molecule has 2 aromatic heterocycles. The molecule has 0 amide bonds. The van der Waals surface area contributed by atoms with Gasteiger partial charge in [0.05, 0.1) is 0 Å². The number of nitrogens with zero attached hydrogens (tertiary/aromatic N) is 3. The van der Waals surface area contributed by atoms with E-state index in [4.69, 9.17) is 0 Å². The normalized spacial score (nSPS) is 16.4. The monoisotopic (exact) mass is 242 g/mol. The summed E-state index contributed by atoms with van der Waals surface area (Å²) >= 11 is 0. The maximum absolute atomic E-state index is 12.5. The van der Waals surface area contributed by atoms with E-state index in [1.165, 1.54) is 16.9 Å². The quantitative estimate of drug-likeness (QED) is 0.878. The predicted molar refractivity (Wildman–Crippen MR) is 54.6 cm³/mol. The molecule has 0 atom stereocenters. The lowest BCUT2D eigenvalue weighted by Gasteiger charge is -2.03. The van der Waals surface area contributed by atoms with Gasteiger partial charge >= 0.3 is 6.18 Å². The van der Waals surface area contributed by atoms with Crippen LogP contribution in [0.5, 0.6) is 0 Å². The first kappa shape index (κ1) is 10.4. The van der Waals surface area contributed by atoms with Crippen molar-refractivity contribution in [1.29, 1.82) is 0 Å². The number of alkyl halides is 3. The fourth-order valence-electron chi connectivity index (χ4n) is 1.59. The van der Waals surface area contributed by atoms with E-state index in [0.717, 1.165) is 18.9 Å². The largest absolute Gasteiger partial charge is 0.435 e. The Morgan fingerprint density at radius 3 is 2.76 bits per heavy atom. The highest BCUT2D eigenvalue weighted by atomic mass is 19.4. The summed E-state index contributed by atoms with van der Waals surface area (Å²) in [5.74, 6) is 0.456. The van der Waals surface area contributed by atoms with Gasteiger partial charge in [0.2, 0.25) is 0 Å². The SMILES string of the molecule is FC(F)(F)c1cc2c(NC3CC3)nccn2n1. The molecule has 0 spiro atoms. The molecule has 0 radical (unpaired) electrons. The Balaban J connectivity index is 2.07. The van der Waals surface area contributed by atoms with Crippen LogP contribution in [0.1, 0.15) is 18.5 Å². The van der Waals surface area contributed by atoms with Gasteiger partial charge in [0.25, 0.3) is 0 Å². The standard InChI is InChI=1S/C10H9F3N4/c11-10(12,13)8-5-7-9(15-6-1-2-6)14-3-4-17(7)16-8/h3-6H,1-2H2,(H,14,15). The Hall–Kier alpha value is -1.79. The van der Waals surface area contributed by atoms with Crippen molar-refractivity contribution in [2.45, 2.75) is 25.1 Å². The second kappa shape index (κ2) is 3.35. The van der Waals surface area contributed by atoms with Gasteiger partial charge in [-0.2, -0.15) is 18.3 Å². The molecule has 1 N–H and O–H groups in total. The third-order valence-electron chi connectivity index (χ3n) is 2.60. The Kier molecular flexibility index (Phi) is 2.04. The van der Waals surface area contributed by atoms with Gasteiger partial charge in [0.1, 0.15) is 5.52 Å². The van der Waals surface area contributed by atoms with Crippen LogP contribution in [-0.4, -0.2) is 20.6 Å². The van der Waals surface area contributed by atoms with Gasteiger partial charge in [0, 0.05) is 24.5 Å². The van der Waals surface area contributed by atoms with Gasteiger partial charge in [-0.25, -0.2) is 9.50 Å². The van der Waals surface area contributed by atoms with Crippen LogP contribution in [0.25, 0.3) is 5.52 Å². The number of halogens is 3. The highest BCUT2D eigenvalue weighted by Gasteiger charge is 2.34. The van der Waals surface area contributed by atoms with Crippen LogP contribution in [0.15, 0.2) is 18.5 Å². The van der Waals surface area contributed by atoms with Crippen molar-refractivity contribution in [2.75, 3.05) is 5.32 Å². The fourth-order valence-corrected chi connectivity index (χ4v) is 1.59. The molecule has 2 heterocycles. The summed E-state index contributed by atoms with van der Waals surface area (Å²) in [6, 6.07) is 1.34. The lowest BCUT2D eigenvalue weighted by molar-refractivity contribution is -0.141. The van der Waals surface area contributed by atoms with Gasteiger partial charge in [0.15, 0.2) is 11.5 Å². The Labute approximate surface area is 94.5 Å². The maximum atomic E-state index is 12.5. The molecule has 17 heavy (non-hydrogen) atoms. The zero-order valence-corrected chi connectivity index (χ0v) is 8.70. The van der Waals surface area contributed by atoms with Crippen molar-refractivity contribution >= 4 is 11.3 Å². The molecular weight excluding hydrogens is 233 g/mol. The smallest absolute Gasteiger partial charge is 0.366 e. The molecule has 4 nitrogen and oxygen atoms in total. The molecule has 2 aromatic rings. The molecule has 7 heteroatoms. The van der Waals surface area contributed by atoms with Crippen molar-refractivity contribution in [3.05, 3.63) is 24.2 Å². The van der Waals surface area contributed by atoms with E-state index < -0.39 is 11.9 Å². The second-order valence-electron chi connectivity index (χ2n) is 4.05. The van der Waals surface area contributed by atoms with Crippen LogP contribution in [-0.2, 0) is 6.18 Å². The lowest BCUT2D eigenvalue weighted by atomic mass is 10.3. The summed E-state index contributed by atoms with van der Waals surface area (Å²) in [4.78, 5) is 4.04. The highest BCUT2D eigenvalue weighted by molar-refractivity contribution is 5.68. The van der Waals surface area contributed by atoms with Crippen LogP contribution in [0.3, 0.4) is 0 Å². The maximum Gasteiger partial charge on any atom is 0.435 e. The first-order valence-corrected chi connectivity index (χ1v) is 5.22. The van der Waals surface area contributed by atoms with Crippen molar-refractivity contribution in [2.24, 2.45) is 0 Å². The molecule has 90 valence electrons. The first-order valence-electron chi connectivity index (χ1n) is 5.22. The summed E-state index contributed by atoms with van der Waals surface area (Å²) in [6.45, 7) is 0. The summed E-state index contributed by atoms with van der Waals surface area (Å²) in [6.07, 6.45) is 0.475. The van der Waals surface area contributed by atoms with E-state index in [2.05, 4.69) is 15.4 Å². The number of rotatable bonds is 2. The number of hydrogen-bond acceptors (Lipinski definition) is 3. The average molecular weight is 242 g/mol. The van der Waals surface area contributed by atoms with Crippen LogP contribution in [0.4, 0.5) is 19.0 Å². The zero-order valence-electron chi connectivity index (χ0n) is 8.70. The van der Waals surface area contributed by atoms with E-state index in [1.54, 1.807) is 0 Å². The van der Waals surface area contributed by atoms with Crippen molar-refractivity contribution in [3.63, 3.8) is 0 Å². The van der Waals surface area contributed by atoms with E-state index in [9.17, 15) is 13.2 Å². The van der Waals surface area contributed by atoms with Gasteiger partial charge in [-0.15, -0.1) is 0 Å². The summed E-state index contributed by atoms with van der Waals surface area (Å²) < 4.78 is 38.7. The Bertz CT molecular complexity index is 556. The molecule has 1 fully saturated rings. The second-order valence-corrected chi connectivity index (χ2v) is 4.05. The summed E-state index contributed by atoms with van der Waals surface area (Å²) in [5.41, 5.74) is -0.545. The Morgan fingerprint density at radius 1 is 1.35 bits per heavy atom. The van der Waals surface area contributed by atoms with Gasteiger partial charge in [-0.3, -0.25) is 0 Å². The fraction of sp³-hybridized carbons (Fsp3) is 0.400. The third-order valence-corrected chi connectivity index (χ3v) is 2.60. The first-order chi connectivity index (χ1) is 8.04. The molecule has 0 unspecified atom stereocenters. The third kappa shape index (κ3) is 1.92. The number of aromatic nitrogens is 3. The van der Waals surface area contributed by atoms with E-state index in [1.807, 2.05) is 0 Å². The molecule has 0 aliphatic heterocycles. The van der Waals surface area contributed by atoms with Crippen molar-refractivity contribution < 1.29 is 13.2 Å². The molecule has 1 saturated carbocycles. The van der Waals surface area contributed by atoms with E-state index >= 15 is 0 Å². The predicted octanol–water partition coefficient (Wildman–Crippen LogP) is 2.32. The average Bonchev–Trinajstić information content (AvgIpc) is 2.93. The minimum absolute atomic E-state index is 0.331. The number of hydrogen-bond donors (Lipinski definition) is 1. The highest BCUT2D eigenvalue weighted by Crippen LogP contribution is 2.31. The van der Waals surface area contributed by atoms with Crippen molar-refractivity contribution in [1.82, 2.24) is 14.6 Å². The van der Waals surface area contributed by atoms with Crippen LogP contribution in [0, 0.1) is 0 Å². The molecule has 3 rings (SSSR count). The van der Waals surface area contributed by atoms with Crippen LogP contribution < -0.4 is 5.32 Å². The van der Waals surface area contributed by atoms with Gasteiger partial charge < -0.3 is 5.32 Å². The van der Waals surface area contributed by atoms with Gasteiger partial charge in [-0.05, 0) is 12.8 Å². The van der Waals surface area contributed by atoms with Gasteiger partial charge in [-0.1, -0.05) is 0 Å².